The van der Waals surface area contributed by atoms with Crippen LogP contribution in [0.25, 0.3) is 5.57 Å². The van der Waals surface area contributed by atoms with E-state index in [2.05, 4.69) is 9.71 Å². The van der Waals surface area contributed by atoms with Gasteiger partial charge in [0.15, 0.2) is 0 Å². The summed E-state index contributed by atoms with van der Waals surface area (Å²) < 4.78 is 59.2. The number of benzene rings is 1. The minimum atomic E-state index is -4.25. The summed E-state index contributed by atoms with van der Waals surface area (Å²) in [6.45, 7) is 5.73. The van der Waals surface area contributed by atoms with Crippen LogP contribution in [-0.4, -0.2) is 46.0 Å². The molecule has 0 saturated carbocycles. The number of nitrogens with zero attached hydrogens (tertiary/aromatic N) is 1. The topological polar surface area (TPSA) is 111 Å². The molecule has 1 aromatic heterocycles. The number of halogens is 1. The number of ether oxygens (including phenoxy) is 3. The van der Waals surface area contributed by atoms with Crippen molar-refractivity contribution in [2.24, 2.45) is 5.92 Å². The third-order valence-corrected chi connectivity index (χ3v) is 7.60. The molecule has 0 unspecified atom stereocenters. The van der Waals surface area contributed by atoms with Gasteiger partial charge in [0.1, 0.15) is 27.9 Å². The lowest BCUT2D eigenvalue weighted by molar-refractivity contribution is 0.0397. The molecule has 1 aliphatic heterocycles. The van der Waals surface area contributed by atoms with E-state index in [1.807, 2.05) is 19.9 Å². The van der Waals surface area contributed by atoms with Crippen molar-refractivity contribution in [1.29, 1.82) is 5.41 Å². The highest BCUT2D eigenvalue weighted by Gasteiger charge is 2.24. The zero-order valence-corrected chi connectivity index (χ0v) is 21.8. The molecule has 2 aliphatic rings. The Morgan fingerprint density at radius 1 is 1.22 bits per heavy atom. The van der Waals surface area contributed by atoms with Crippen LogP contribution in [0.4, 0.5) is 10.1 Å². The molecule has 0 bridgehead atoms. The summed E-state index contributed by atoms with van der Waals surface area (Å²) in [5.74, 6) is -0.0391. The highest BCUT2D eigenvalue weighted by molar-refractivity contribution is 7.92. The Morgan fingerprint density at radius 2 is 1.95 bits per heavy atom. The normalized spacial score (nSPS) is 16.6. The molecule has 0 spiro atoms. The van der Waals surface area contributed by atoms with Gasteiger partial charge in [-0.3, -0.25) is 10.1 Å². The van der Waals surface area contributed by atoms with Crippen LogP contribution in [0.1, 0.15) is 32.3 Å². The molecule has 1 saturated heterocycles. The maximum atomic E-state index is 14.2. The van der Waals surface area contributed by atoms with Gasteiger partial charge in [-0.15, -0.1) is 0 Å². The van der Waals surface area contributed by atoms with Gasteiger partial charge in [-0.05, 0) is 68.5 Å². The average molecular weight is 528 g/mol. The van der Waals surface area contributed by atoms with E-state index in [0.29, 0.717) is 48.2 Å². The molecule has 0 radical (unpaired) electrons. The number of aromatic nitrogens is 1. The maximum absolute atomic E-state index is 14.2. The van der Waals surface area contributed by atoms with Crippen molar-refractivity contribution >= 4 is 27.0 Å². The molecular formula is C27H30FN3O5S. The Morgan fingerprint density at radius 3 is 2.62 bits per heavy atom. The summed E-state index contributed by atoms with van der Waals surface area (Å²) >= 11 is 0. The van der Waals surface area contributed by atoms with Crippen molar-refractivity contribution in [3.63, 3.8) is 0 Å². The molecule has 1 fully saturated rings. The van der Waals surface area contributed by atoms with Gasteiger partial charge in [-0.25, -0.2) is 17.8 Å². The Labute approximate surface area is 216 Å². The van der Waals surface area contributed by atoms with Crippen molar-refractivity contribution in [3.05, 3.63) is 77.0 Å². The largest absolute Gasteiger partial charge is 0.491 e. The van der Waals surface area contributed by atoms with Crippen LogP contribution in [0.5, 0.6) is 5.88 Å². The summed E-state index contributed by atoms with van der Waals surface area (Å²) in [5, 5.41) is 8.66. The van der Waals surface area contributed by atoms with Gasteiger partial charge in [0.05, 0.1) is 13.7 Å². The molecule has 0 atom stereocenters. The van der Waals surface area contributed by atoms with Crippen molar-refractivity contribution in [3.8, 4) is 5.88 Å². The van der Waals surface area contributed by atoms with Crippen molar-refractivity contribution in [1.82, 2.24) is 4.98 Å². The van der Waals surface area contributed by atoms with Crippen LogP contribution >= 0.6 is 0 Å². The molecule has 10 heteroatoms. The summed E-state index contributed by atoms with van der Waals surface area (Å²) in [6, 6.07) is 6.69. The second-order valence-electron chi connectivity index (χ2n) is 9.08. The summed E-state index contributed by atoms with van der Waals surface area (Å²) in [4.78, 5) is 3.79. The number of nitrogens with one attached hydrogen (secondary N) is 2. The fraction of sp³-hybridized carbons (Fsp3) is 0.333. The lowest BCUT2D eigenvalue weighted by Gasteiger charge is -2.25. The van der Waals surface area contributed by atoms with E-state index in [-0.39, 0.29) is 17.3 Å². The summed E-state index contributed by atoms with van der Waals surface area (Å²) in [6.07, 6.45) is 6.97. The predicted octanol–water partition coefficient (Wildman–Crippen LogP) is 5.11. The van der Waals surface area contributed by atoms with E-state index in [1.54, 1.807) is 18.3 Å². The maximum Gasteiger partial charge on any atom is 0.264 e. The number of allylic oxidation sites excluding steroid dienone is 5. The minimum absolute atomic E-state index is 0.0372. The Bertz CT molecular complexity index is 1390. The van der Waals surface area contributed by atoms with Gasteiger partial charge < -0.3 is 14.2 Å². The highest BCUT2D eigenvalue weighted by atomic mass is 32.2. The molecule has 2 aromatic rings. The van der Waals surface area contributed by atoms with Crippen molar-refractivity contribution in [2.75, 3.05) is 31.7 Å². The fourth-order valence-electron chi connectivity index (χ4n) is 4.12. The number of hydrogen-bond donors (Lipinski definition) is 2. The van der Waals surface area contributed by atoms with Crippen molar-refractivity contribution < 1.29 is 27.0 Å². The zero-order chi connectivity index (χ0) is 26.6. The number of pyridine rings is 1. The predicted molar refractivity (Wildman–Crippen MR) is 140 cm³/mol. The van der Waals surface area contributed by atoms with Gasteiger partial charge in [0.25, 0.3) is 10.0 Å². The Balaban J connectivity index is 1.68. The molecule has 1 aliphatic carbocycles. The number of rotatable bonds is 8. The molecule has 4 rings (SSSR count). The van der Waals surface area contributed by atoms with E-state index in [0.717, 1.165) is 24.5 Å². The Kier molecular flexibility index (Phi) is 8.09. The highest BCUT2D eigenvalue weighted by Crippen LogP contribution is 2.33. The first kappa shape index (κ1) is 26.6. The van der Waals surface area contributed by atoms with E-state index in [9.17, 15) is 12.8 Å². The van der Waals surface area contributed by atoms with Crippen LogP contribution in [-0.2, 0) is 19.5 Å². The standard InChI is InChI=1S/C27H30FN3O5S/c1-17(2)21-12-19(14-24(26(21)29)36-16-18-8-10-35-11-9-18)20-13-23(27(34-3)30-15-20)31-37(32,33)25-7-5-4-6-22(25)28/h4-7,12-15,18,29,31H,8-11,16H2,1-3H3. The van der Waals surface area contributed by atoms with Crippen LogP contribution in [0.15, 0.2) is 70.5 Å². The van der Waals surface area contributed by atoms with Crippen LogP contribution in [0.2, 0.25) is 0 Å². The number of sulfonamides is 1. The molecule has 37 heavy (non-hydrogen) atoms. The molecule has 196 valence electrons. The Hall–Kier alpha value is -3.50. The molecule has 2 N–H and O–H groups in total. The number of methoxy groups -OCH3 is 1. The van der Waals surface area contributed by atoms with E-state index in [1.165, 1.54) is 25.3 Å². The number of hydrogen-bond acceptors (Lipinski definition) is 7. The SMILES string of the molecule is COc1ncc(C2=CC(=C(C)C)C(=N)C(OCC3CCOCC3)=C2)cc1NS(=O)(=O)c1ccccc1F. The monoisotopic (exact) mass is 527 g/mol. The van der Waals surface area contributed by atoms with Crippen molar-refractivity contribution in [2.45, 2.75) is 31.6 Å². The average Bonchev–Trinajstić information content (AvgIpc) is 2.88. The molecular weight excluding hydrogens is 497 g/mol. The smallest absolute Gasteiger partial charge is 0.264 e. The van der Waals surface area contributed by atoms with E-state index in [4.69, 9.17) is 19.6 Å². The van der Waals surface area contributed by atoms with E-state index < -0.39 is 20.7 Å². The van der Waals surface area contributed by atoms with Crippen LogP contribution < -0.4 is 9.46 Å². The summed E-state index contributed by atoms with van der Waals surface area (Å²) in [7, 11) is -2.88. The molecule has 1 aromatic carbocycles. The van der Waals surface area contributed by atoms with Gasteiger partial charge in [-0.2, -0.15) is 0 Å². The second-order valence-corrected chi connectivity index (χ2v) is 10.7. The van der Waals surface area contributed by atoms with Gasteiger partial charge in [-0.1, -0.05) is 17.7 Å². The van der Waals surface area contributed by atoms with Crippen LogP contribution in [0, 0.1) is 17.1 Å². The molecule has 8 nitrogen and oxygen atoms in total. The van der Waals surface area contributed by atoms with Gasteiger partial charge in [0.2, 0.25) is 5.88 Å². The first-order valence-corrected chi connectivity index (χ1v) is 13.4. The first-order valence-electron chi connectivity index (χ1n) is 11.9. The lowest BCUT2D eigenvalue weighted by Crippen LogP contribution is -2.22. The zero-order valence-electron chi connectivity index (χ0n) is 21.0. The van der Waals surface area contributed by atoms with E-state index >= 15 is 0 Å². The quantitative estimate of drug-likeness (QED) is 0.494. The third-order valence-electron chi connectivity index (χ3n) is 6.20. The summed E-state index contributed by atoms with van der Waals surface area (Å²) in [5.41, 5.74) is 3.26. The molecule has 2 heterocycles. The third kappa shape index (κ3) is 6.08. The first-order chi connectivity index (χ1) is 17.7. The van der Waals surface area contributed by atoms with Crippen LogP contribution in [0.3, 0.4) is 0 Å². The molecule has 0 amide bonds. The van der Waals surface area contributed by atoms with Gasteiger partial charge in [0, 0.05) is 30.5 Å². The fourth-order valence-corrected chi connectivity index (χ4v) is 5.25. The minimum Gasteiger partial charge on any atom is -0.491 e. The lowest BCUT2D eigenvalue weighted by atomic mass is 9.92. The number of anilines is 1. The second kappa shape index (κ2) is 11.3. The van der Waals surface area contributed by atoms with Gasteiger partial charge >= 0.3 is 0 Å².